The van der Waals surface area contributed by atoms with Crippen LogP contribution in [0.25, 0.3) is 11.0 Å². The number of nitrogens with one attached hydrogen (secondary N) is 1. The Hall–Kier alpha value is -3.74. The Balaban J connectivity index is 1.41. The second-order valence-corrected chi connectivity index (χ2v) is 6.18. The van der Waals surface area contributed by atoms with E-state index in [1.807, 2.05) is 43.3 Å². The molecular weight excluding hydrogens is 356 g/mol. The Morgan fingerprint density at radius 1 is 1.11 bits per heavy atom. The van der Waals surface area contributed by atoms with E-state index in [1.165, 1.54) is 0 Å². The molecule has 0 radical (unpaired) electrons. The van der Waals surface area contributed by atoms with Gasteiger partial charge < -0.3 is 14.6 Å². The standard InChI is InChI=1S/C21H18N4O3/c1-2-15-13-19(25-28-15)24-20(26)12-14-5-7-16(8-6-14)27-18-9-11-22-17-4-3-10-23-21(17)18/h3-11,13H,2,12H2,1H3,(H,24,25,26). The van der Waals surface area contributed by atoms with E-state index in [0.717, 1.165) is 23.3 Å². The molecule has 3 aromatic heterocycles. The molecule has 0 aliphatic rings. The number of nitrogens with zero attached hydrogens (tertiary/aromatic N) is 3. The number of carbonyl (C=O) groups excluding carboxylic acids is 1. The molecule has 1 amide bonds. The number of rotatable bonds is 6. The highest BCUT2D eigenvalue weighted by Crippen LogP contribution is 2.27. The van der Waals surface area contributed by atoms with Crippen molar-refractivity contribution >= 4 is 22.8 Å². The zero-order valence-electron chi connectivity index (χ0n) is 15.3. The number of amides is 1. The van der Waals surface area contributed by atoms with Crippen LogP contribution >= 0.6 is 0 Å². The van der Waals surface area contributed by atoms with Gasteiger partial charge in [-0.1, -0.05) is 24.2 Å². The van der Waals surface area contributed by atoms with Gasteiger partial charge >= 0.3 is 0 Å². The summed E-state index contributed by atoms with van der Waals surface area (Å²) in [5.41, 5.74) is 2.33. The summed E-state index contributed by atoms with van der Waals surface area (Å²) in [6.07, 6.45) is 4.35. The minimum Gasteiger partial charge on any atom is -0.455 e. The molecular formula is C21H18N4O3. The summed E-state index contributed by atoms with van der Waals surface area (Å²) in [6.45, 7) is 1.96. The molecule has 4 rings (SSSR count). The van der Waals surface area contributed by atoms with Crippen molar-refractivity contribution in [3.8, 4) is 11.5 Å². The Kier molecular flexibility index (Phi) is 4.97. The molecule has 28 heavy (non-hydrogen) atoms. The topological polar surface area (TPSA) is 90.1 Å². The first-order chi connectivity index (χ1) is 13.7. The number of hydrogen-bond acceptors (Lipinski definition) is 6. The number of pyridine rings is 2. The van der Waals surface area contributed by atoms with E-state index < -0.39 is 0 Å². The van der Waals surface area contributed by atoms with Crippen LogP contribution in [0.1, 0.15) is 18.2 Å². The van der Waals surface area contributed by atoms with Crippen LogP contribution in [0.3, 0.4) is 0 Å². The molecule has 0 saturated carbocycles. The van der Waals surface area contributed by atoms with E-state index in [9.17, 15) is 4.79 Å². The number of fused-ring (bicyclic) bond motifs is 1. The van der Waals surface area contributed by atoms with Gasteiger partial charge in [0.25, 0.3) is 0 Å². The first-order valence-corrected chi connectivity index (χ1v) is 8.93. The van der Waals surface area contributed by atoms with Crippen LogP contribution in [0, 0.1) is 0 Å². The van der Waals surface area contributed by atoms with Crippen molar-refractivity contribution < 1.29 is 14.1 Å². The van der Waals surface area contributed by atoms with Gasteiger partial charge in [-0.2, -0.15) is 0 Å². The van der Waals surface area contributed by atoms with Gasteiger partial charge in [0, 0.05) is 30.9 Å². The molecule has 0 unspecified atom stereocenters. The SMILES string of the molecule is CCc1cc(NC(=O)Cc2ccc(Oc3ccnc4cccnc34)cc2)no1. The number of benzene rings is 1. The third-order valence-corrected chi connectivity index (χ3v) is 4.15. The summed E-state index contributed by atoms with van der Waals surface area (Å²) in [7, 11) is 0. The Morgan fingerprint density at radius 2 is 1.96 bits per heavy atom. The second-order valence-electron chi connectivity index (χ2n) is 6.18. The van der Waals surface area contributed by atoms with Crippen molar-refractivity contribution in [2.75, 3.05) is 5.32 Å². The van der Waals surface area contributed by atoms with Gasteiger partial charge in [-0.3, -0.25) is 14.8 Å². The number of ether oxygens (including phenoxy) is 1. The van der Waals surface area contributed by atoms with Gasteiger partial charge in [0.15, 0.2) is 11.6 Å². The molecule has 0 atom stereocenters. The Bertz CT molecular complexity index is 1100. The third-order valence-electron chi connectivity index (χ3n) is 4.15. The molecule has 1 N–H and O–H groups in total. The summed E-state index contributed by atoms with van der Waals surface area (Å²) in [5.74, 6) is 2.29. The zero-order valence-corrected chi connectivity index (χ0v) is 15.3. The molecule has 3 heterocycles. The number of aromatic nitrogens is 3. The average Bonchev–Trinajstić information content (AvgIpc) is 3.17. The van der Waals surface area contributed by atoms with E-state index in [4.69, 9.17) is 9.26 Å². The maximum Gasteiger partial charge on any atom is 0.230 e. The van der Waals surface area contributed by atoms with E-state index in [1.54, 1.807) is 24.5 Å². The molecule has 7 heteroatoms. The van der Waals surface area contributed by atoms with Gasteiger partial charge in [-0.25, -0.2) is 0 Å². The highest BCUT2D eigenvalue weighted by molar-refractivity contribution is 5.91. The fourth-order valence-electron chi connectivity index (χ4n) is 2.75. The number of anilines is 1. The molecule has 1 aromatic carbocycles. The van der Waals surface area contributed by atoms with E-state index in [2.05, 4.69) is 20.4 Å². The van der Waals surface area contributed by atoms with Crippen molar-refractivity contribution in [1.29, 1.82) is 0 Å². The molecule has 4 aromatic rings. The molecule has 140 valence electrons. The van der Waals surface area contributed by atoms with Crippen molar-refractivity contribution in [1.82, 2.24) is 15.1 Å². The smallest absolute Gasteiger partial charge is 0.230 e. The van der Waals surface area contributed by atoms with Crippen LogP contribution in [0.2, 0.25) is 0 Å². The van der Waals surface area contributed by atoms with E-state index >= 15 is 0 Å². The fourth-order valence-corrected chi connectivity index (χ4v) is 2.75. The van der Waals surface area contributed by atoms with Crippen molar-refractivity contribution in [2.45, 2.75) is 19.8 Å². The van der Waals surface area contributed by atoms with Crippen molar-refractivity contribution in [3.63, 3.8) is 0 Å². The normalized spacial score (nSPS) is 10.8. The van der Waals surface area contributed by atoms with Gasteiger partial charge in [-0.05, 0) is 29.8 Å². The van der Waals surface area contributed by atoms with Crippen LogP contribution in [-0.2, 0) is 17.6 Å². The largest absolute Gasteiger partial charge is 0.455 e. The lowest BCUT2D eigenvalue weighted by Crippen LogP contribution is -2.14. The number of carbonyl (C=O) groups is 1. The van der Waals surface area contributed by atoms with Crippen LogP contribution in [-0.4, -0.2) is 21.0 Å². The Labute approximate surface area is 161 Å². The monoisotopic (exact) mass is 374 g/mol. The highest BCUT2D eigenvalue weighted by atomic mass is 16.5. The average molecular weight is 374 g/mol. The van der Waals surface area contributed by atoms with Crippen molar-refractivity contribution in [3.05, 3.63) is 72.2 Å². The first-order valence-electron chi connectivity index (χ1n) is 8.93. The van der Waals surface area contributed by atoms with E-state index in [0.29, 0.717) is 22.8 Å². The molecule has 0 aliphatic heterocycles. The molecule has 0 saturated heterocycles. The zero-order chi connectivity index (χ0) is 19.3. The second kappa shape index (κ2) is 7.87. The van der Waals surface area contributed by atoms with Gasteiger partial charge in [0.05, 0.1) is 11.9 Å². The Morgan fingerprint density at radius 3 is 2.75 bits per heavy atom. The predicted octanol–water partition coefficient (Wildman–Crippen LogP) is 4.15. The van der Waals surface area contributed by atoms with E-state index in [-0.39, 0.29) is 12.3 Å². The van der Waals surface area contributed by atoms with Crippen LogP contribution in [0.4, 0.5) is 5.82 Å². The van der Waals surface area contributed by atoms with Crippen LogP contribution in [0.15, 0.2) is 65.4 Å². The summed E-state index contributed by atoms with van der Waals surface area (Å²) in [6, 6.07) is 14.6. The molecule has 7 nitrogen and oxygen atoms in total. The minimum atomic E-state index is -0.158. The molecule has 0 bridgehead atoms. The van der Waals surface area contributed by atoms with Crippen LogP contribution < -0.4 is 10.1 Å². The van der Waals surface area contributed by atoms with Crippen molar-refractivity contribution in [2.24, 2.45) is 0 Å². The minimum absolute atomic E-state index is 0.158. The van der Waals surface area contributed by atoms with Crippen LogP contribution in [0.5, 0.6) is 11.5 Å². The van der Waals surface area contributed by atoms with Gasteiger partial charge in [0.1, 0.15) is 17.0 Å². The lowest BCUT2D eigenvalue weighted by Gasteiger charge is -2.08. The quantitative estimate of drug-likeness (QED) is 0.545. The first kappa shape index (κ1) is 17.7. The maximum atomic E-state index is 12.2. The summed E-state index contributed by atoms with van der Waals surface area (Å²) in [4.78, 5) is 20.8. The van der Waals surface area contributed by atoms with Gasteiger partial charge in [-0.15, -0.1) is 0 Å². The lowest BCUT2D eigenvalue weighted by molar-refractivity contribution is -0.115. The fraction of sp³-hybridized carbons (Fsp3) is 0.143. The third kappa shape index (κ3) is 3.98. The van der Waals surface area contributed by atoms with Gasteiger partial charge in [0.2, 0.25) is 5.91 Å². The molecule has 0 aliphatic carbocycles. The predicted molar refractivity (Wildman–Crippen MR) is 104 cm³/mol. The summed E-state index contributed by atoms with van der Waals surface area (Å²) in [5, 5.41) is 6.55. The lowest BCUT2D eigenvalue weighted by atomic mass is 10.1. The maximum absolute atomic E-state index is 12.2. The highest BCUT2D eigenvalue weighted by Gasteiger charge is 2.09. The number of aryl methyl sites for hydroxylation is 1. The summed E-state index contributed by atoms with van der Waals surface area (Å²) < 4.78 is 11.0. The molecule has 0 spiro atoms. The summed E-state index contributed by atoms with van der Waals surface area (Å²) >= 11 is 0. The number of hydrogen-bond donors (Lipinski definition) is 1. The molecule has 0 fully saturated rings.